The van der Waals surface area contributed by atoms with Gasteiger partial charge in [0.1, 0.15) is 5.75 Å². The van der Waals surface area contributed by atoms with Crippen LogP contribution in [0.3, 0.4) is 0 Å². The molecule has 6 nitrogen and oxygen atoms in total. The number of amides is 1. The third-order valence-corrected chi connectivity index (χ3v) is 3.51. The molecule has 2 rings (SSSR count). The van der Waals surface area contributed by atoms with Gasteiger partial charge in [-0.3, -0.25) is 4.79 Å². The van der Waals surface area contributed by atoms with Crippen LogP contribution in [-0.4, -0.2) is 29.6 Å². The number of nitrogens with one attached hydrogen (secondary N) is 1. The summed E-state index contributed by atoms with van der Waals surface area (Å²) in [6.45, 7) is 0.661. The number of nitrogens with zero attached hydrogens (tertiary/aromatic N) is 1. The highest BCUT2D eigenvalue weighted by atomic mass is 35.5. The van der Waals surface area contributed by atoms with Crippen LogP contribution in [0.25, 0.3) is 0 Å². The van der Waals surface area contributed by atoms with Crippen molar-refractivity contribution in [1.29, 1.82) is 0 Å². The molecule has 0 fully saturated rings. The van der Waals surface area contributed by atoms with Crippen molar-refractivity contribution in [3.8, 4) is 5.75 Å². The van der Waals surface area contributed by atoms with Crippen molar-refractivity contribution in [3.63, 3.8) is 0 Å². The Morgan fingerprint density at radius 1 is 1.26 bits per heavy atom. The Kier molecular flexibility index (Phi) is 6.62. The van der Waals surface area contributed by atoms with Gasteiger partial charge in [-0.05, 0) is 37.3 Å². The van der Waals surface area contributed by atoms with Gasteiger partial charge in [-0.2, -0.15) is 13.2 Å². The number of hydrogen-bond acceptors (Lipinski definition) is 5. The molecule has 1 heterocycles. The second-order valence-corrected chi connectivity index (χ2v) is 5.64. The summed E-state index contributed by atoms with van der Waals surface area (Å²) in [6, 6.07) is 7.12. The predicted molar refractivity (Wildman–Crippen MR) is 90.4 cm³/mol. The van der Waals surface area contributed by atoms with Crippen LogP contribution in [0, 0.1) is 0 Å². The van der Waals surface area contributed by atoms with E-state index in [1.165, 1.54) is 25.3 Å². The van der Waals surface area contributed by atoms with Crippen LogP contribution in [-0.2, 0) is 20.5 Å². The summed E-state index contributed by atoms with van der Waals surface area (Å²) in [4.78, 5) is 27.5. The number of halogens is 4. The molecule has 0 aliphatic heterocycles. The average Bonchev–Trinajstić information content (AvgIpc) is 2.61. The van der Waals surface area contributed by atoms with Crippen LogP contribution in [0.4, 0.5) is 18.9 Å². The van der Waals surface area contributed by atoms with E-state index in [1.54, 1.807) is 6.07 Å². The number of hydrogen-bond donors (Lipinski definition) is 1. The largest absolute Gasteiger partial charge is 0.482 e. The molecule has 10 heteroatoms. The average molecular weight is 403 g/mol. The molecule has 144 valence electrons. The van der Waals surface area contributed by atoms with Gasteiger partial charge in [-0.25, -0.2) is 9.78 Å². The van der Waals surface area contributed by atoms with Gasteiger partial charge in [0.25, 0.3) is 5.91 Å². The molecule has 0 saturated carbocycles. The minimum Gasteiger partial charge on any atom is -0.482 e. The number of pyridine rings is 1. The first-order valence-corrected chi connectivity index (χ1v) is 7.95. The van der Waals surface area contributed by atoms with Crippen molar-refractivity contribution in [2.75, 3.05) is 11.9 Å². The Morgan fingerprint density at radius 3 is 2.67 bits per heavy atom. The van der Waals surface area contributed by atoms with E-state index >= 15 is 0 Å². The summed E-state index contributed by atoms with van der Waals surface area (Å²) in [5.74, 6) is -1.73. The zero-order chi connectivity index (χ0) is 20.0. The number of carbonyl (C=O) groups excluding carboxylic acids is 2. The third-order valence-electron chi connectivity index (χ3n) is 3.21. The van der Waals surface area contributed by atoms with Crippen molar-refractivity contribution in [2.24, 2.45) is 0 Å². The topological polar surface area (TPSA) is 77.5 Å². The van der Waals surface area contributed by atoms with Gasteiger partial charge in [-0.1, -0.05) is 17.7 Å². The molecule has 0 bridgehead atoms. The minimum atomic E-state index is -4.53. The lowest BCUT2D eigenvalue weighted by atomic mass is 10.2. The molecule has 0 aliphatic carbocycles. The first-order valence-electron chi connectivity index (χ1n) is 7.57. The van der Waals surface area contributed by atoms with Gasteiger partial charge in [0.2, 0.25) is 0 Å². The van der Waals surface area contributed by atoms with E-state index in [0.29, 0.717) is 0 Å². The minimum absolute atomic E-state index is 0.0669. The van der Waals surface area contributed by atoms with Crippen LogP contribution in [0.15, 0.2) is 42.6 Å². The number of esters is 1. The molecule has 2 aromatic rings. The lowest BCUT2D eigenvalue weighted by molar-refractivity contribution is -0.155. The zero-order valence-corrected chi connectivity index (χ0v) is 14.7. The van der Waals surface area contributed by atoms with E-state index in [2.05, 4.69) is 10.3 Å². The molecule has 0 spiro atoms. The zero-order valence-electron chi connectivity index (χ0n) is 13.9. The first kappa shape index (κ1) is 20.5. The number of ether oxygens (including phenoxy) is 2. The second-order valence-electron chi connectivity index (χ2n) is 5.28. The normalized spacial score (nSPS) is 12.2. The van der Waals surface area contributed by atoms with Crippen LogP contribution < -0.4 is 10.1 Å². The fourth-order valence-corrected chi connectivity index (χ4v) is 2.07. The van der Waals surface area contributed by atoms with Crippen molar-refractivity contribution in [2.45, 2.75) is 19.2 Å². The second kappa shape index (κ2) is 8.72. The quantitative estimate of drug-likeness (QED) is 0.589. The van der Waals surface area contributed by atoms with Gasteiger partial charge in [0, 0.05) is 6.20 Å². The number of aromatic nitrogens is 1. The molecule has 1 amide bonds. The maximum absolute atomic E-state index is 12.6. The van der Waals surface area contributed by atoms with Crippen LogP contribution in [0.2, 0.25) is 5.15 Å². The molecule has 1 aromatic heterocycles. The molecule has 1 N–H and O–H groups in total. The van der Waals surface area contributed by atoms with Gasteiger partial charge >= 0.3 is 12.1 Å². The maximum Gasteiger partial charge on any atom is 0.416 e. The predicted octanol–water partition coefficient (Wildman–Crippen LogP) is 3.70. The van der Waals surface area contributed by atoms with E-state index in [-0.39, 0.29) is 16.6 Å². The SMILES string of the molecule is CC(OC(=O)COc1cccc(C(F)(F)F)c1)C(=O)Nc1cccnc1Cl. The fraction of sp³-hybridized carbons (Fsp3) is 0.235. The summed E-state index contributed by atoms with van der Waals surface area (Å²) < 4.78 is 47.8. The molecule has 1 unspecified atom stereocenters. The van der Waals surface area contributed by atoms with Crippen molar-refractivity contribution in [3.05, 3.63) is 53.3 Å². The summed E-state index contributed by atoms with van der Waals surface area (Å²) in [7, 11) is 0. The van der Waals surface area contributed by atoms with Crippen molar-refractivity contribution >= 4 is 29.2 Å². The molecule has 27 heavy (non-hydrogen) atoms. The molecule has 0 aliphatic rings. The third kappa shape index (κ3) is 6.14. The maximum atomic E-state index is 12.6. The molecular weight excluding hydrogens is 389 g/mol. The van der Waals surface area contributed by atoms with Crippen molar-refractivity contribution in [1.82, 2.24) is 4.98 Å². The van der Waals surface area contributed by atoms with E-state index in [9.17, 15) is 22.8 Å². The van der Waals surface area contributed by atoms with Crippen LogP contribution >= 0.6 is 11.6 Å². The standard InChI is InChI=1S/C17H14ClF3N2O4/c1-10(16(25)23-13-6-3-7-22-15(13)18)27-14(24)9-26-12-5-2-4-11(8-12)17(19,20)21/h2-8,10H,9H2,1H3,(H,23,25). The molecule has 1 atom stereocenters. The number of carbonyl (C=O) groups is 2. The summed E-state index contributed by atoms with van der Waals surface area (Å²) in [5.41, 5.74) is -0.665. The van der Waals surface area contributed by atoms with Crippen molar-refractivity contribution < 1.29 is 32.2 Å². The Hall–Kier alpha value is -2.81. The highest BCUT2D eigenvalue weighted by Crippen LogP contribution is 2.31. The Morgan fingerprint density at radius 2 is 2.00 bits per heavy atom. The Bertz CT molecular complexity index is 830. The smallest absolute Gasteiger partial charge is 0.416 e. The van der Waals surface area contributed by atoms with Gasteiger partial charge in [-0.15, -0.1) is 0 Å². The van der Waals surface area contributed by atoms with Gasteiger partial charge < -0.3 is 14.8 Å². The van der Waals surface area contributed by atoms with E-state index in [1.807, 2.05) is 0 Å². The van der Waals surface area contributed by atoms with Gasteiger partial charge in [0.15, 0.2) is 17.9 Å². The molecule has 0 radical (unpaired) electrons. The fourth-order valence-electron chi connectivity index (χ4n) is 1.90. The summed E-state index contributed by atoms with van der Waals surface area (Å²) in [5, 5.41) is 2.50. The monoisotopic (exact) mass is 402 g/mol. The highest BCUT2D eigenvalue weighted by molar-refractivity contribution is 6.32. The Balaban J connectivity index is 1.86. The van der Waals surface area contributed by atoms with Crippen LogP contribution in [0.1, 0.15) is 12.5 Å². The number of benzene rings is 1. The number of anilines is 1. The van der Waals surface area contributed by atoms with Gasteiger partial charge in [0.05, 0.1) is 11.3 Å². The number of alkyl halides is 3. The van der Waals surface area contributed by atoms with E-state index in [0.717, 1.165) is 18.2 Å². The molecular formula is C17H14ClF3N2O4. The lowest BCUT2D eigenvalue weighted by Crippen LogP contribution is -2.31. The summed E-state index contributed by atoms with van der Waals surface area (Å²) in [6.07, 6.45) is -4.27. The number of rotatable bonds is 6. The first-order chi connectivity index (χ1) is 12.7. The summed E-state index contributed by atoms with van der Waals surface area (Å²) >= 11 is 5.81. The molecule has 1 aromatic carbocycles. The molecule has 0 saturated heterocycles. The lowest BCUT2D eigenvalue weighted by Gasteiger charge is -2.14. The van der Waals surface area contributed by atoms with Crippen LogP contribution in [0.5, 0.6) is 5.75 Å². The van der Waals surface area contributed by atoms with E-state index < -0.39 is 36.3 Å². The highest BCUT2D eigenvalue weighted by Gasteiger charge is 2.30. The van der Waals surface area contributed by atoms with E-state index in [4.69, 9.17) is 21.1 Å². The Labute approximate surface area is 157 Å².